The molecule has 2 amide bonds. The fourth-order valence-electron chi connectivity index (χ4n) is 4.24. The van der Waals surface area contributed by atoms with Gasteiger partial charge in [0, 0.05) is 18.9 Å². The highest BCUT2D eigenvalue weighted by atomic mass is 16.2. The molecule has 4 nitrogen and oxygen atoms in total. The van der Waals surface area contributed by atoms with Crippen LogP contribution in [0, 0.1) is 5.92 Å². The zero-order valence-corrected chi connectivity index (χ0v) is 14.5. The number of carbonyl (C=O) groups is 2. The molecular formula is C20H28N2O2. The molecule has 0 saturated heterocycles. The third kappa shape index (κ3) is 3.63. The van der Waals surface area contributed by atoms with Gasteiger partial charge < -0.3 is 10.6 Å². The summed E-state index contributed by atoms with van der Waals surface area (Å²) in [5.41, 5.74) is 1.39. The lowest BCUT2D eigenvalue weighted by Gasteiger charge is -2.43. The van der Waals surface area contributed by atoms with Crippen LogP contribution >= 0.6 is 0 Å². The first-order valence-electron chi connectivity index (χ1n) is 9.21. The fraction of sp³-hybridized carbons (Fsp3) is 0.600. The molecule has 3 rings (SSSR count). The lowest BCUT2D eigenvalue weighted by Crippen LogP contribution is -2.53. The minimum atomic E-state index is -0.377. The van der Waals surface area contributed by atoms with Gasteiger partial charge in [-0.05, 0) is 37.2 Å². The molecule has 0 heterocycles. The Labute approximate surface area is 144 Å². The molecule has 2 fully saturated rings. The third-order valence-electron chi connectivity index (χ3n) is 5.81. The molecule has 2 saturated carbocycles. The Morgan fingerprint density at radius 2 is 1.79 bits per heavy atom. The first-order chi connectivity index (χ1) is 11.6. The normalized spacial score (nSPS) is 20.9. The zero-order chi connectivity index (χ0) is 17.0. The van der Waals surface area contributed by atoms with Crippen molar-refractivity contribution in [3.63, 3.8) is 0 Å². The smallest absolute Gasteiger partial charge is 0.242 e. The van der Waals surface area contributed by atoms with Crippen molar-refractivity contribution in [2.45, 2.75) is 63.3 Å². The molecule has 4 heteroatoms. The molecule has 1 unspecified atom stereocenters. The van der Waals surface area contributed by atoms with E-state index in [2.05, 4.69) is 34.9 Å². The van der Waals surface area contributed by atoms with Gasteiger partial charge >= 0.3 is 0 Å². The summed E-state index contributed by atoms with van der Waals surface area (Å²) >= 11 is 0. The lowest BCUT2D eigenvalue weighted by atomic mass is 9.64. The number of nitrogens with one attached hydrogen (secondary N) is 2. The fourth-order valence-corrected chi connectivity index (χ4v) is 4.24. The van der Waals surface area contributed by atoms with Gasteiger partial charge in [0.05, 0.1) is 0 Å². The summed E-state index contributed by atoms with van der Waals surface area (Å²) < 4.78 is 0. The van der Waals surface area contributed by atoms with Crippen molar-refractivity contribution in [3.8, 4) is 0 Å². The number of hydrogen-bond donors (Lipinski definition) is 2. The molecule has 1 atom stereocenters. The van der Waals surface area contributed by atoms with E-state index in [1.807, 2.05) is 6.07 Å². The molecule has 1 aromatic carbocycles. The monoisotopic (exact) mass is 328 g/mol. The van der Waals surface area contributed by atoms with Gasteiger partial charge in [-0.15, -0.1) is 0 Å². The summed E-state index contributed by atoms with van der Waals surface area (Å²) in [5.74, 6) is 0.144. The number of amides is 2. The van der Waals surface area contributed by atoms with Gasteiger partial charge in [0.15, 0.2) is 0 Å². The van der Waals surface area contributed by atoms with Crippen molar-refractivity contribution in [2.75, 3.05) is 6.54 Å². The van der Waals surface area contributed by atoms with E-state index in [-0.39, 0.29) is 29.2 Å². The van der Waals surface area contributed by atoms with Gasteiger partial charge in [0.2, 0.25) is 11.8 Å². The van der Waals surface area contributed by atoms with Crippen molar-refractivity contribution < 1.29 is 9.59 Å². The maximum atomic E-state index is 12.8. The minimum Gasteiger partial charge on any atom is -0.353 e. The predicted molar refractivity (Wildman–Crippen MR) is 94.5 cm³/mol. The number of carbonyl (C=O) groups excluding carboxylic acids is 2. The Morgan fingerprint density at radius 1 is 1.12 bits per heavy atom. The molecule has 0 aliphatic heterocycles. The van der Waals surface area contributed by atoms with Gasteiger partial charge in [0.1, 0.15) is 6.04 Å². The van der Waals surface area contributed by atoms with E-state index in [0.717, 1.165) is 38.5 Å². The van der Waals surface area contributed by atoms with E-state index in [1.54, 1.807) is 0 Å². The maximum absolute atomic E-state index is 12.8. The van der Waals surface area contributed by atoms with Crippen molar-refractivity contribution in [1.82, 2.24) is 10.6 Å². The topological polar surface area (TPSA) is 58.2 Å². The largest absolute Gasteiger partial charge is 0.353 e. The molecule has 130 valence electrons. The quantitative estimate of drug-likeness (QED) is 0.843. The Kier molecular flexibility index (Phi) is 5.22. The maximum Gasteiger partial charge on any atom is 0.242 e. The van der Waals surface area contributed by atoms with Crippen LogP contribution in [0.3, 0.4) is 0 Å². The second-order valence-corrected chi connectivity index (χ2v) is 7.44. The van der Waals surface area contributed by atoms with Gasteiger partial charge in [-0.2, -0.15) is 0 Å². The summed E-state index contributed by atoms with van der Waals surface area (Å²) in [6, 6.07) is 10.1. The van der Waals surface area contributed by atoms with Gasteiger partial charge in [-0.25, -0.2) is 0 Å². The Bertz CT molecular complexity index is 575. The zero-order valence-electron chi connectivity index (χ0n) is 14.5. The first-order valence-corrected chi connectivity index (χ1v) is 9.21. The van der Waals surface area contributed by atoms with Crippen molar-refractivity contribution >= 4 is 11.8 Å². The van der Waals surface area contributed by atoms with E-state index in [0.29, 0.717) is 6.54 Å². The molecule has 0 bridgehead atoms. The lowest BCUT2D eigenvalue weighted by molar-refractivity contribution is -0.129. The van der Waals surface area contributed by atoms with Gasteiger partial charge in [0.25, 0.3) is 0 Å². The molecule has 2 aliphatic carbocycles. The summed E-state index contributed by atoms with van der Waals surface area (Å²) in [6.07, 6.45) is 7.81. The van der Waals surface area contributed by atoms with Crippen LogP contribution in [0.5, 0.6) is 0 Å². The van der Waals surface area contributed by atoms with Crippen molar-refractivity contribution in [3.05, 3.63) is 35.9 Å². The van der Waals surface area contributed by atoms with E-state index in [4.69, 9.17) is 0 Å². The standard InChI is InChI=1S/C20H28N2O2/c1-15(23)22-18(16-8-5-6-9-16)19(24)21-14-20(12-7-13-20)17-10-3-2-4-11-17/h2-4,10-11,16,18H,5-9,12-14H2,1H3,(H,21,24)(H,22,23). The molecule has 0 spiro atoms. The van der Waals surface area contributed by atoms with E-state index in [1.165, 1.54) is 18.9 Å². The molecular weight excluding hydrogens is 300 g/mol. The Hall–Kier alpha value is -1.84. The Balaban J connectivity index is 1.65. The van der Waals surface area contributed by atoms with Crippen LogP contribution in [0.4, 0.5) is 0 Å². The highest BCUT2D eigenvalue weighted by molar-refractivity contribution is 5.87. The van der Waals surface area contributed by atoms with Gasteiger partial charge in [-0.1, -0.05) is 49.6 Å². The van der Waals surface area contributed by atoms with Crippen LogP contribution in [-0.4, -0.2) is 24.4 Å². The average molecular weight is 328 g/mol. The second kappa shape index (κ2) is 7.37. The van der Waals surface area contributed by atoms with E-state index >= 15 is 0 Å². The second-order valence-electron chi connectivity index (χ2n) is 7.44. The molecule has 2 N–H and O–H groups in total. The van der Waals surface area contributed by atoms with Crippen LogP contribution in [0.2, 0.25) is 0 Å². The van der Waals surface area contributed by atoms with E-state index in [9.17, 15) is 9.59 Å². The van der Waals surface area contributed by atoms with Crippen LogP contribution in [0.1, 0.15) is 57.4 Å². The first kappa shape index (κ1) is 17.0. The molecule has 24 heavy (non-hydrogen) atoms. The third-order valence-corrected chi connectivity index (χ3v) is 5.81. The van der Waals surface area contributed by atoms with Crippen molar-refractivity contribution in [1.29, 1.82) is 0 Å². The number of hydrogen-bond acceptors (Lipinski definition) is 2. The average Bonchev–Trinajstić information content (AvgIpc) is 3.06. The predicted octanol–water partition coefficient (Wildman–Crippen LogP) is 2.92. The van der Waals surface area contributed by atoms with Crippen molar-refractivity contribution in [2.24, 2.45) is 5.92 Å². The van der Waals surface area contributed by atoms with Crippen LogP contribution < -0.4 is 10.6 Å². The molecule has 1 aromatic rings. The number of rotatable bonds is 6. The van der Waals surface area contributed by atoms with Crippen LogP contribution in [-0.2, 0) is 15.0 Å². The summed E-state index contributed by atoms with van der Waals surface area (Å²) in [7, 11) is 0. The van der Waals surface area contributed by atoms with Gasteiger partial charge in [-0.3, -0.25) is 9.59 Å². The molecule has 0 aromatic heterocycles. The summed E-state index contributed by atoms with van der Waals surface area (Å²) in [5, 5.41) is 6.04. The Morgan fingerprint density at radius 3 is 2.33 bits per heavy atom. The molecule has 2 aliphatic rings. The molecule has 0 radical (unpaired) electrons. The number of benzene rings is 1. The summed E-state index contributed by atoms with van der Waals surface area (Å²) in [6.45, 7) is 2.16. The SMILES string of the molecule is CC(=O)NC(C(=O)NCC1(c2ccccc2)CCC1)C1CCCC1. The summed E-state index contributed by atoms with van der Waals surface area (Å²) in [4.78, 5) is 24.3. The van der Waals surface area contributed by atoms with Crippen LogP contribution in [0.25, 0.3) is 0 Å². The highest BCUT2D eigenvalue weighted by Crippen LogP contribution is 2.43. The van der Waals surface area contributed by atoms with E-state index < -0.39 is 0 Å². The van der Waals surface area contributed by atoms with Crippen LogP contribution in [0.15, 0.2) is 30.3 Å². The minimum absolute atomic E-state index is 0.0145. The highest BCUT2D eigenvalue weighted by Gasteiger charge is 2.40.